The van der Waals surface area contributed by atoms with Crippen LogP contribution in [0.3, 0.4) is 0 Å². The Morgan fingerprint density at radius 1 is 1.07 bits per heavy atom. The Bertz CT molecular complexity index is 973. The standard InChI is InChI=1S/C21H17N3O2S/c25-20(9-12-23-21(26)17-10-13-27-15-17)24-19-6-3-4-16(14-19)7-8-18-5-1-2-11-22-18/h1-6,10-11,13-15H,9,12H2,(H,23,26)(H,24,25). The highest BCUT2D eigenvalue weighted by atomic mass is 32.1. The highest BCUT2D eigenvalue weighted by Crippen LogP contribution is 2.10. The predicted octanol–water partition coefficient (Wildman–Crippen LogP) is 3.30. The number of carbonyl (C=O) groups is 2. The first-order valence-corrected chi connectivity index (χ1v) is 9.28. The van der Waals surface area contributed by atoms with Crippen molar-refractivity contribution in [1.82, 2.24) is 10.3 Å². The minimum absolute atomic E-state index is 0.171. The molecule has 6 heteroatoms. The van der Waals surface area contributed by atoms with Crippen LogP contribution >= 0.6 is 11.3 Å². The second kappa shape index (κ2) is 9.32. The fraction of sp³-hybridized carbons (Fsp3) is 0.0952. The third-order valence-electron chi connectivity index (χ3n) is 3.57. The van der Waals surface area contributed by atoms with Crippen LogP contribution in [0.25, 0.3) is 0 Å². The van der Waals surface area contributed by atoms with Gasteiger partial charge in [0.2, 0.25) is 5.91 Å². The molecule has 0 aliphatic rings. The lowest BCUT2D eigenvalue weighted by atomic mass is 10.2. The lowest BCUT2D eigenvalue weighted by Gasteiger charge is -2.06. The zero-order valence-corrected chi connectivity index (χ0v) is 15.3. The van der Waals surface area contributed by atoms with Crippen molar-refractivity contribution in [2.45, 2.75) is 6.42 Å². The quantitative estimate of drug-likeness (QED) is 0.672. The van der Waals surface area contributed by atoms with Crippen LogP contribution in [0.4, 0.5) is 5.69 Å². The normalized spacial score (nSPS) is 9.78. The second-order valence-corrected chi connectivity index (χ2v) is 6.39. The first-order valence-electron chi connectivity index (χ1n) is 8.34. The molecule has 2 amide bonds. The summed E-state index contributed by atoms with van der Waals surface area (Å²) in [7, 11) is 0. The molecule has 0 saturated carbocycles. The Morgan fingerprint density at radius 2 is 2.00 bits per heavy atom. The van der Waals surface area contributed by atoms with E-state index in [1.54, 1.807) is 29.8 Å². The van der Waals surface area contributed by atoms with Gasteiger partial charge >= 0.3 is 0 Å². The monoisotopic (exact) mass is 375 g/mol. The number of nitrogens with zero attached hydrogens (tertiary/aromatic N) is 1. The van der Waals surface area contributed by atoms with Crippen LogP contribution in [0.2, 0.25) is 0 Å². The molecule has 2 aromatic heterocycles. The number of carbonyl (C=O) groups excluding carboxylic acids is 2. The first kappa shape index (κ1) is 18.4. The van der Waals surface area contributed by atoms with Crippen LogP contribution in [0.5, 0.6) is 0 Å². The minimum atomic E-state index is -0.171. The van der Waals surface area contributed by atoms with Gasteiger partial charge in [-0.2, -0.15) is 11.3 Å². The van der Waals surface area contributed by atoms with E-state index < -0.39 is 0 Å². The molecule has 3 rings (SSSR count). The van der Waals surface area contributed by atoms with Gasteiger partial charge in [0.05, 0.1) is 0 Å². The minimum Gasteiger partial charge on any atom is -0.351 e. The highest BCUT2D eigenvalue weighted by molar-refractivity contribution is 7.08. The van der Waals surface area contributed by atoms with Crippen LogP contribution < -0.4 is 10.6 Å². The summed E-state index contributed by atoms with van der Waals surface area (Å²) in [6.45, 7) is 0.277. The van der Waals surface area contributed by atoms with Gasteiger partial charge in [-0.1, -0.05) is 18.1 Å². The van der Waals surface area contributed by atoms with E-state index in [1.165, 1.54) is 11.3 Å². The summed E-state index contributed by atoms with van der Waals surface area (Å²) in [6, 6.07) is 14.6. The molecular formula is C21H17N3O2S. The van der Waals surface area contributed by atoms with Gasteiger partial charge in [0.25, 0.3) is 5.91 Å². The number of pyridine rings is 1. The van der Waals surface area contributed by atoms with E-state index in [1.807, 2.05) is 35.7 Å². The lowest BCUT2D eigenvalue weighted by Crippen LogP contribution is -2.27. The number of benzene rings is 1. The van der Waals surface area contributed by atoms with Crippen LogP contribution in [0.15, 0.2) is 65.5 Å². The molecule has 0 aliphatic heterocycles. The lowest BCUT2D eigenvalue weighted by molar-refractivity contribution is -0.116. The number of thiophene rings is 1. The molecule has 0 spiro atoms. The Labute approximate surface area is 161 Å². The largest absolute Gasteiger partial charge is 0.351 e. The Morgan fingerprint density at radius 3 is 2.78 bits per heavy atom. The van der Waals surface area contributed by atoms with Crippen LogP contribution in [0, 0.1) is 11.8 Å². The van der Waals surface area contributed by atoms with E-state index in [0.717, 1.165) is 5.56 Å². The smallest absolute Gasteiger partial charge is 0.252 e. The summed E-state index contributed by atoms with van der Waals surface area (Å²) in [5.41, 5.74) is 2.74. The van der Waals surface area contributed by atoms with Gasteiger partial charge in [0.15, 0.2) is 0 Å². The molecule has 0 fully saturated rings. The van der Waals surface area contributed by atoms with Crippen molar-refractivity contribution in [2.24, 2.45) is 0 Å². The molecule has 0 unspecified atom stereocenters. The number of anilines is 1. The SMILES string of the molecule is O=C(CCNC(=O)c1ccsc1)Nc1cccc(C#Cc2ccccn2)c1. The number of nitrogens with one attached hydrogen (secondary N) is 2. The molecule has 5 nitrogen and oxygen atoms in total. The molecule has 0 bridgehead atoms. The van der Waals surface area contributed by atoms with Gasteiger partial charge in [-0.15, -0.1) is 0 Å². The molecule has 1 aromatic carbocycles. The van der Waals surface area contributed by atoms with Gasteiger partial charge in [0, 0.05) is 41.4 Å². The summed E-state index contributed by atoms with van der Waals surface area (Å²) in [5.74, 6) is 5.67. The van der Waals surface area contributed by atoms with Gasteiger partial charge < -0.3 is 10.6 Å². The molecule has 0 saturated heterocycles. The zero-order chi connectivity index (χ0) is 18.9. The van der Waals surface area contributed by atoms with E-state index in [4.69, 9.17) is 0 Å². The fourth-order valence-corrected chi connectivity index (χ4v) is 2.89. The van der Waals surface area contributed by atoms with Crippen molar-refractivity contribution in [2.75, 3.05) is 11.9 Å². The number of hydrogen-bond donors (Lipinski definition) is 2. The summed E-state index contributed by atoms with van der Waals surface area (Å²) >= 11 is 1.46. The Hall–Kier alpha value is -3.43. The summed E-state index contributed by atoms with van der Waals surface area (Å²) in [6.07, 6.45) is 1.89. The van der Waals surface area contributed by atoms with Crippen molar-refractivity contribution in [3.05, 3.63) is 82.3 Å². The van der Waals surface area contributed by atoms with E-state index in [-0.39, 0.29) is 24.8 Å². The van der Waals surface area contributed by atoms with Crippen molar-refractivity contribution in [3.8, 4) is 11.8 Å². The molecule has 2 heterocycles. The number of hydrogen-bond acceptors (Lipinski definition) is 4. The maximum Gasteiger partial charge on any atom is 0.252 e. The molecule has 0 atom stereocenters. The van der Waals surface area contributed by atoms with Crippen LogP contribution in [0.1, 0.15) is 28.0 Å². The van der Waals surface area contributed by atoms with Gasteiger partial charge in [-0.3, -0.25) is 9.59 Å². The highest BCUT2D eigenvalue weighted by Gasteiger charge is 2.07. The maximum atomic E-state index is 12.1. The van der Waals surface area contributed by atoms with E-state index in [0.29, 0.717) is 16.9 Å². The van der Waals surface area contributed by atoms with E-state index in [9.17, 15) is 9.59 Å². The number of amides is 2. The van der Waals surface area contributed by atoms with Crippen LogP contribution in [-0.2, 0) is 4.79 Å². The van der Waals surface area contributed by atoms with Crippen LogP contribution in [-0.4, -0.2) is 23.3 Å². The maximum absolute atomic E-state index is 12.1. The molecule has 2 N–H and O–H groups in total. The molecule has 0 aliphatic carbocycles. The molecule has 3 aromatic rings. The average molecular weight is 375 g/mol. The predicted molar refractivity (Wildman–Crippen MR) is 107 cm³/mol. The third kappa shape index (κ3) is 5.80. The van der Waals surface area contributed by atoms with E-state index in [2.05, 4.69) is 27.5 Å². The van der Waals surface area contributed by atoms with Crippen molar-refractivity contribution >= 4 is 28.8 Å². The Kier molecular flexibility index (Phi) is 6.34. The fourth-order valence-electron chi connectivity index (χ4n) is 2.26. The first-order chi connectivity index (χ1) is 13.2. The Balaban J connectivity index is 1.51. The van der Waals surface area contributed by atoms with Gasteiger partial charge in [-0.05, 0) is 47.7 Å². The van der Waals surface area contributed by atoms with E-state index >= 15 is 0 Å². The summed E-state index contributed by atoms with van der Waals surface area (Å²) < 4.78 is 0. The average Bonchev–Trinajstić information content (AvgIpc) is 3.22. The summed E-state index contributed by atoms with van der Waals surface area (Å²) in [5, 5.41) is 9.16. The topological polar surface area (TPSA) is 71.1 Å². The van der Waals surface area contributed by atoms with Crippen molar-refractivity contribution in [1.29, 1.82) is 0 Å². The molecule has 134 valence electrons. The van der Waals surface area contributed by atoms with Gasteiger partial charge in [-0.25, -0.2) is 4.98 Å². The zero-order valence-electron chi connectivity index (χ0n) is 14.4. The van der Waals surface area contributed by atoms with Gasteiger partial charge in [0.1, 0.15) is 5.69 Å². The van der Waals surface area contributed by atoms with Crippen molar-refractivity contribution in [3.63, 3.8) is 0 Å². The third-order valence-corrected chi connectivity index (χ3v) is 4.25. The number of aromatic nitrogens is 1. The molecular weight excluding hydrogens is 358 g/mol. The number of rotatable bonds is 5. The summed E-state index contributed by atoms with van der Waals surface area (Å²) in [4.78, 5) is 28.0. The van der Waals surface area contributed by atoms with Crippen molar-refractivity contribution < 1.29 is 9.59 Å². The second-order valence-electron chi connectivity index (χ2n) is 5.61. The molecule has 27 heavy (non-hydrogen) atoms. The molecule has 0 radical (unpaired) electrons.